The molecule has 0 unspecified atom stereocenters. The maximum Gasteiger partial charge on any atom is 3.00 e. The third kappa shape index (κ3) is 214. The molecule has 0 bridgehead atoms. The molecule has 0 saturated carbocycles. The molecule has 0 fully saturated rings. The van der Waals surface area contributed by atoms with Crippen molar-refractivity contribution in [2.75, 3.05) is 0 Å². The van der Waals surface area contributed by atoms with Gasteiger partial charge in [-0.1, -0.05) is 0 Å². The van der Waals surface area contributed by atoms with Gasteiger partial charge in [0.25, 0.3) is 0 Å². The smallest absolute Gasteiger partial charge is 0.894 e. The third-order valence-electron chi connectivity index (χ3n) is 0. The molecule has 0 heterocycles. The van der Waals surface area contributed by atoms with Crippen LogP contribution in [0.1, 0.15) is 0 Å². The molecule has 0 spiro atoms. The van der Waals surface area contributed by atoms with E-state index in [0.29, 0.717) is 0 Å². The normalized spacial score (nSPS) is 9.23. The molecule has 0 aromatic carbocycles. The van der Waals surface area contributed by atoms with Crippen LogP contribution in [0.3, 0.4) is 0 Å². The van der Waals surface area contributed by atoms with Crippen molar-refractivity contribution in [2.45, 2.75) is 0 Å². The summed E-state index contributed by atoms with van der Waals surface area (Å²) in [4.78, 5) is 68.6. The van der Waals surface area contributed by atoms with Gasteiger partial charge in [0.1, 0.15) is 0 Å². The minimum atomic E-state index is -5.61. The Morgan fingerprint density at radius 2 is 0.538 bits per heavy atom. The Bertz CT molecular complexity index is 65.1. The Morgan fingerprint density at radius 3 is 0.538 bits per heavy atom. The summed E-state index contributed by atoms with van der Waals surface area (Å²) < 4.78 is 0. The van der Waals surface area contributed by atoms with Crippen LogP contribution in [0, 0.1) is 36.9 Å². The van der Waals surface area contributed by atoms with E-state index in [1.165, 1.54) is 0 Å². The zero-order valence-electron chi connectivity index (χ0n) is 5.81. The van der Waals surface area contributed by atoms with Crippen molar-refractivity contribution in [3.05, 3.63) is 0 Å². The Labute approximate surface area is 160 Å². The number of rotatable bonds is 0. The van der Waals surface area contributed by atoms with Gasteiger partial charge in [-0.15, -0.1) is 0 Å². The summed E-state index contributed by atoms with van der Waals surface area (Å²) in [6, 6.07) is 0. The van der Waals surface area contributed by atoms with Gasteiger partial charge < -0.3 is 56.5 Å². The van der Waals surface area contributed by atoms with Crippen molar-refractivity contribution in [1.82, 2.24) is 0 Å². The molecular weight excluding hydrogens is 488 g/mol. The second-order valence-corrected chi connectivity index (χ2v) is 3.00. The largest absolute Gasteiger partial charge is 3.00 e. The van der Waals surface area contributed by atoms with Crippen molar-refractivity contribution in [3.8, 4) is 0 Å². The van der Waals surface area contributed by atoms with Crippen molar-refractivity contribution in [3.63, 3.8) is 0 Å². The first-order chi connectivity index (χ1) is 4.00. The summed E-state index contributed by atoms with van der Waals surface area (Å²) in [5.41, 5.74) is 0. The summed E-state index contributed by atoms with van der Waals surface area (Å²) in [6.07, 6.45) is 0. The minimum absolute atomic E-state index is 0. The van der Waals surface area contributed by atoms with E-state index in [9.17, 15) is 0 Å². The van der Waals surface area contributed by atoms with Gasteiger partial charge in [0.15, 0.2) is 0 Å². The Balaban J connectivity index is -0.0000000267. The van der Waals surface area contributed by atoms with Crippen LogP contribution in [0.15, 0.2) is 0 Å². The SMILES string of the molecule is [Ca+2].[Lu+3].[O-][Si]([O-])([O-])[O-].[O-][Si]([O-])([O-])[O-].[Y+3]. The first kappa shape index (κ1) is 30.1. The van der Waals surface area contributed by atoms with E-state index in [1.807, 2.05) is 0 Å². The fraction of sp³-hybridized carbons (Fsp3) is 0. The molecule has 0 N–H and O–H groups in total. The van der Waals surface area contributed by atoms with Gasteiger partial charge in [0.2, 0.25) is 0 Å². The van der Waals surface area contributed by atoms with Gasteiger partial charge in [0, 0.05) is 0 Å². The van der Waals surface area contributed by atoms with Gasteiger partial charge >= 0.3 is 107 Å². The van der Waals surface area contributed by atoms with E-state index >= 15 is 0 Å². The molecule has 0 saturated heterocycles. The molecule has 0 rings (SSSR count). The van der Waals surface area contributed by atoms with Crippen molar-refractivity contribution >= 4 is 55.8 Å². The fourth-order valence-electron chi connectivity index (χ4n) is 0. The molecule has 13 heteroatoms. The molecular formula is CaLuO8Si2Y. The van der Waals surface area contributed by atoms with Crippen molar-refractivity contribution in [2.24, 2.45) is 0 Å². The van der Waals surface area contributed by atoms with E-state index in [-0.39, 0.29) is 107 Å². The quantitative estimate of drug-likeness (QED) is 0.301. The molecule has 76 valence electrons. The molecule has 8 nitrogen and oxygen atoms in total. The van der Waals surface area contributed by atoms with E-state index in [1.54, 1.807) is 0 Å². The first-order valence-electron chi connectivity index (χ1n) is 1.63. The summed E-state index contributed by atoms with van der Waals surface area (Å²) in [5, 5.41) is 0. The Kier molecular flexibility index (Phi) is 31.9. The van der Waals surface area contributed by atoms with E-state index in [4.69, 9.17) is 38.4 Å². The van der Waals surface area contributed by atoms with Crippen LogP contribution >= 0.6 is 0 Å². The summed E-state index contributed by atoms with van der Waals surface area (Å²) in [6.45, 7) is 0. The zero-order valence-corrected chi connectivity index (χ0v) is 14.5. The van der Waals surface area contributed by atoms with Crippen LogP contribution in [0.2, 0.25) is 0 Å². The predicted molar refractivity (Wildman–Crippen MR) is 17.3 cm³/mol. The van der Waals surface area contributed by atoms with E-state index in [2.05, 4.69) is 0 Å². The van der Waals surface area contributed by atoms with Crippen LogP contribution in [0.5, 0.6) is 0 Å². The average Bonchev–Trinajstić information content (AvgIpc) is 1.12. The monoisotopic (exact) mass is 488 g/mol. The zero-order chi connectivity index (χ0) is 9.00. The standard InChI is InChI=1S/Ca.Lu.2O4Si.Y/c;;2*1-5(2,3)4;/q+2;+3;2*-4;+3. The van der Waals surface area contributed by atoms with Crippen molar-refractivity contribution < 1.29 is 108 Å². The second-order valence-electron chi connectivity index (χ2n) is 1.00. The van der Waals surface area contributed by atoms with Gasteiger partial charge in [-0.25, -0.2) is 0 Å². The van der Waals surface area contributed by atoms with Gasteiger partial charge in [0.05, 0.1) is 0 Å². The van der Waals surface area contributed by atoms with Crippen LogP contribution in [0.4, 0.5) is 0 Å². The van der Waals surface area contributed by atoms with Crippen LogP contribution in [0.25, 0.3) is 0 Å². The molecule has 0 aliphatic carbocycles. The summed E-state index contributed by atoms with van der Waals surface area (Å²) >= 11 is 0. The maximum atomic E-state index is 8.58. The molecule has 0 aromatic rings. The number of hydrogen-bond acceptors (Lipinski definition) is 8. The third-order valence-corrected chi connectivity index (χ3v) is 0. The van der Waals surface area contributed by atoms with Crippen LogP contribution in [-0.4, -0.2) is 55.8 Å². The van der Waals surface area contributed by atoms with E-state index in [0.717, 1.165) is 0 Å². The average molecular weight is 488 g/mol. The molecule has 13 heavy (non-hydrogen) atoms. The molecule has 0 aliphatic heterocycles. The molecule has 0 aliphatic rings. The Hall–Kier alpha value is 3.71. The van der Waals surface area contributed by atoms with E-state index < -0.39 is 18.1 Å². The molecule has 0 radical (unpaired) electrons. The van der Waals surface area contributed by atoms with Gasteiger partial charge in [-0.3, -0.25) is 0 Å². The topological polar surface area (TPSA) is 184 Å². The Morgan fingerprint density at radius 1 is 0.538 bits per heavy atom. The fourth-order valence-corrected chi connectivity index (χ4v) is 0. The summed E-state index contributed by atoms with van der Waals surface area (Å²) in [7, 11) is -11.2. The van der Waals surface area contributed by atoms with Gasteiger partial charge in [-0.2, -0.15) is 0 Å². The van der Waals surface area contributed by atoms with Crippen LogP contribution in [-0.2, 0) is 32.7 Å². The second kappa shape index (κ2) is 13.8. The maximum absolute atomic E-state index is 8.58. The summed E-state index contributed by atoms with van der Waals surface area (Å²) in [5.74, 6) is 0. The first-order valence-corrected chi connectivity index (χ1v) is 4.90. The predicted octanol–water partition coefficient (Wildman–Crippen LogP) is -10.7. The molecule has 0 aromatic heterocycles. The van der Waals surface area contributed by atoms with Crippen LogP contribution < -0.4 is 38.4 Å². The molecule has 0 amide bonds. The van der Waals surface area contributed by atoms with Crippen molar-refractivity contribution in [1.29, 1.82) is 0 Å². The number of hydrogen-bond donors (Lipinski definition) is 0. The van der Waals surface area contributed by atoms with Gasteiger partial charge in [-0.05, 0) is 0 Å². The molecule has 0 atom stereocenters. The minimum Gasteiger partial charge on any atom is -0.894 e.